The molecular weight excluding hydrogens is 483 g/mol. The van der Waals surface area contributed by atoms with Gasteiger partial charge in [-0.25, -0.2) is 15.1 Å². The minimum absolute atomic E-state index is 0.129. The Balaban J connectivity index is 1.44. The van der Waals surface area contributed by atoms with Crippen LogP contribution in [0, 0.1) is 0 Å². The average molecular weight is 506 g/mol. The van der Waals surface area contributed by atoms with E-state index in [0.29, 0.717) is 37.1 Å². The maximum absolute atomic E-state index is 13.1. The predicted molar refractivity (Wildman–Crippen MR) is 116 cm³/mol. The third-order valence-corrected chi connectivity index (χ3v) is 5.15. The largest absolute Gasteiger partial charge is 0.423 e. The molecule has 2 aromatic rings. The van der Waals surface area contributed by atoms with Gasteiger partial charge >= 0.3 is 6.18 Å². The Bertz CT molecular complexity index is 1030. The van der Waals surface area contributed by atoms with E-state index in [1.165, 1.54) is 24.2 Å². The molecule has 2 atom stereocenters. The number of nitrogens with one attached hydrogen (secondary N) is 2. The number of amides is 1. The Morgan fingerprint density at radius 2 is 1.88 bits per heavy atom. The van der Waals surface area contributed by atoms with Crippen LogP contribution in [0.5, 0.6) is 0 Å². The molecule has 2 unspecified atom stereocenters. The zero-order chi connectivity index (χ0) is 24.9. The van der Waals surface area contributed by atoms with E-state index >= 15 is 0 Å². The number of aliphatic hydroxyl groups is 1. The number of carbonyl (C=O) groups excluding carboxylic acids is 1. The molecule has 34 heavy (non-hydrogen) atoms. The third-order valence-electron chi connectivity index (χ3n) is 4.95. The zero-order valence-electron chi connectivity index (χ0n) is 18.0. The first-order valence-electron chi connectivity index (χ1n) is 10.2. The van der Waals surface area contributed by atoms with E-state index in [-0.39, 0.29) is 13.2 Å². The Hall–Kier alpha value is -2.97. The number of hydrogen-bond acceptors (Lipinski definition) is 9. The summed E-state index contributed by atoms with van der Waals surface area (Å²) < 4.78 is 44.6. The SMILES string of the molecule is CC(COCC(O)C(=O)N1CCN(c2ncc(Cl)cn2)CC1)Nc1cn[nH]c(=O)c1C(F)(F)F. The molecule has 2 aromatic heterocycles. The Morgan fingerprint density at radius 1 is 1.24 bits per heavy atom. The monoisotopic (exact) mass is 505 g/mol. The van der Waals surface area contributed by atoms with Crippen LogP contribution in [0.15, 0.2) is 23.4 Å². The average Bonchev–Trinajstić information content (AvgIpc) is 2.78. The fourth-order valence-corrected chi connectivity index (χ4v) is 3.43. The van der Waals surface area contributed by atoms with Gasteiger partial charge in [0.15, 0.2) is 6.10 Å². The van der Waals surface area contributed by atoms with Crippen LogP contribution < -0.4 is 15.8 Å². The lowest BCUT2D eigenvalue weighted by atomic mass is 10.2. The van der Waals surface area contributed by atoms with Gasteiger partial charge in [0.05, 0.1) is 42.5 Å². The number of H-pyrrole nitrogens is 1. The minimum Gasteiger partial charge on any atom is -0.381 e. The lowest BCUT2D eigenvalue weighted by Gasteiger charge is -2.35. The normalized spacial score (nSPS) is 16.3. The second-order valence-electron chi connectivity index (χ2n) is 7.60. The van der Waals surface area contributed by atoms with Crippen molar-refractivity contribution in [2.75, 3.05) is 49.6 Å². The second-order valence-corrected chi connectivity index (χ2v) is 8.03. The number of ether oxygens (including phenoxy) is 1. The Morgan fingerprint density at radius 3 is 2.50 bits per heavy atom. The highest BCUT2D eigenvalue weighted by Gasteiger charge is 2.37. The molecule has 3 N–H and O–H groups in total. The number of hydrogen-bond donors (Lipinski definition) is 3. The molecule has 0 saturated carbocycles. The van der Waals surface area contributed by atoms with E-state index in [9.17, 15) is 27.9 Å². The van der Waals surface area contributed by atoms with Gasteiger partial charge in [0, 0.05) is 32.2 Å². The molecule has 1 aliphatic rings. The van der Waals surface area contributed by atoms with Crippen LogP contribution in [0.25, 0.3) is 0 Å². The summed E-state index contributed by atoms with van der Waals surface area (Å²) in [5, 5.41) is 18.2. The number of carbonyl (C=O) groups is 1. The van der Waals surface area contributed by atoms with Crippen LogP contribution in [0.3, 0.4) is 0 Å². The van der Waals surface area contributed by atoms with Crippen LogP contribution in [0.1, 0.15) is 12.5 Å². The molecule has 0 aliphatic carbocycles. The molecule has 0 spiro atoms. The van der Waals surface area contributed by atoms with Crippen molar-refractivity contribution in [2.24, 2.45) is 0 Å². The molecule has 1 fully saturated rings. The number of aliphatic hydroxyl groups excluding tert-OH is 1. The summed E-state index contributed by atoms with van der Waals surface area (Å²) in [4.78, 5) is 35.6. The number of anilines is 2. The van der Waals surface area contributed by atoms with Gasteiger partial charge in [-0.05, 0) is 6.92 Å². The van der Waals surface area contributed by atoms with E-state index in [4.69, 9.17) is 16.3 Å². The topological polar surface area (TPSA) is 137 Å². The van der Waals surface area contributed by atoms with Crippen molar-refractivity contribution in [3.63, 3.8) is 0 Å². The lowest BCUT2D eigenvalue weighted by molar-refractivity contribution is -0.143. The quantitative estimate of drug-likeness (QED) is 0.475. The Kier molecular flexibility index (Phi) is 8.28. The highest BCUT2D eigenvalue weighted by Crippen LogP contribution is 2.31. The number of aromatic nitrogens is 4. The second kappa shape index (κ2) is 11.0. The summed E-state index contributed by atoms with van der Waals surface area (Å²) in [5.41, 5.74) is -3.26. The van der Waals surface area contributed by atoms with Crippen molar-refractivity contribution in [3.8, 4) is 0 Å². The highest BCUT2D eigenvalue weighted by atomic mass is 35.5. The predicted octanol–water partition coefficient (Wildman–Crippen LogP) is 0.759. The van der Waals surface area contributed by atoms with E-state index in [1.54, 1.807) is 5.10 Å². The van der Waals surface area contributed by atoms with Crippen molar-refractivity contribution < 1.29 is 27.8 Å². The molecular formula is C19H23ClF3N7O4. The molecule has 3 rings (SSSR count). The van der Waals surface area contributed by atoms with E-state index in [1.807, 2.05) is 4.90 Å². The lowest BCUT2D eigenvalue weighted by Crippen LogP contribution is -2.52. The molecule has 0 radical (unpaired) electrons. The van der Waals surface area contributed by atoms with Crippen LogP contribution in [0.4, 0.5) is 24.8 Å². The van der Waals surface area contributed by atoms with Gasteiger partial charge in [0.25, 0.3) is 11.5 Å². The molecule has 1 aliphatic heterocycles. The number of rotatable bonds is 8. The summed E-state index contributed by atoms with van der Waals surface area (Å²) in [6, 6.07) is -0.671. The molecule has 1 amide bonds. The van der Waals surface area contributed by atoms with Crippen LogP contribution >= 0.6 is 11.6 Å². The summed E-state index contributed by atoms with van der Waals surface area (Å²) in [6.45, 7) is 2.67. The molecule has 0 aromatic carbocycles. The van der Waals surface area contributed by atoms with Gasteiger partial charge in [-0.2, -0.15) is 18.3 Å². The standard InChI is InChI=1S/C19H23ClF3N7O4/c1-11(27-13-8-26-28-16(32)15(13)19(21,22)23)9-34-10-14(31)17(33)29-2-4-30(5-3-29)18-24-6-12(20)7-25-18/h6-8,11,14,31H,2-5,9-10H2,1H3,(H2,27,28,32). The van der Waals surface area contributed by atoms with Crippen LogP contribution in [0.2, 0.25) is 5.02 Å². The van der Waals surface area contributed by atoms with Gasteiger partial charge < -0.3 is 25.0 Å². The summed E-state index contributed by atoms with van der Waals surface area (Å²) in [7, 11) is 0. The van der Waals surface area contributed by atoms with Gasteiger partial charge in [-0.3, -0.25) is 9.59 Å². The number of halogens is 4. The molecule has 15 heteroatoms. The first kappa shape index (κ1) is 25.6. The van der Waals surface area contributed by atoms with E-state index < -0.39 is 41.0 Å². The molecule has 1 saturated heterocycles. The fourth-order valence-electron chi connectivity index (χ4n) is 3.33. The van der Waals surface area contributed by atoms with Gasteiger partial charge in [-0.15, -0.1) is 0 Å². The minimum atomic E-state index is -4.87. The maximum atomic E-state index is 13.1. The molecule has 3 heterocycles. The molecule has 11 nitrogen and oxygen atoms in total. The van der Waals surface area contributed by atoms with Crippen LogP contribution in [-0.2, 0) is 15.7 Å². The van der Waals surface area contributed by atoms with E-state index in [0.717, 1.165) is 6.20 Å². The van der Waals surface area contributed by atoms with Crippen molar-refractivity contribution in [2.45, 2.75) is 25.2 Å². The highest BCUT2D eigenvalue weighted by molar-refractivity contribution is 6.30. The van der Waals surface area contributed by atoms with Gasteiger partial charge in [-0.1, -0.05) is 11.6 Å². The van der Waals surface area contributed by atoms with E-state index in [2.05, 4.69) is 20.4 Å². The summed E-state index contributed by atoms with van der Waals surface area (Å²) >= 11 is 5.78. The molecule has 0 bridgehead atoms. The summed E-state index contributed by atoms with van der Waals surface area (Å²) in [6.07, 6.45) is -2.49. The maximum Gasteiger partial charge on any atom is 0.423 e. The van der Waals surface area contributed by atoms with Crippen molar-refractivity contribution >= 4 is 29.1 Å². The number of nitrogens with zero attached hydrogens (tertiary/aromatic N) is 5. The molecule has 186 valence electrons. The van der Waals surface area contributed by atoms with Gasteiger partial charge in [0.1, 0.15) is 5.56 Å². The number of aromatic amines is 1. The van der Waals surface area contributed by atoms with Crippen molar-refractivity contribution in [3.05, 3.63) is 39.5 Å². The fraction of sp³-hybridized carbons (Fsp3) is 0.526. The van der Waals surface area contributed by atoms with Gasteiger partial charge in [0.2, 0.25) is 5.95 Å². The van der Waals surface area contributed by atoms with Crippen molar-refractivity contribution in [1.82, 2.24) is 25.1 Å². The van der Waals surface area contributed by atoms with Crippen molar-refractivity contribution in [1.29, 1.82) is 0 Å². The first-order valence-corrected chi connectivity index (χ1v) is 10.6. The first-order chi connectivity index (χ1) is 16.1. The Labute approximate surface area is 196 Å². The number of piperazine rings is 1. The number of alkyl halides is 3. The van der Waals surface area contributed by atoms with Crippen LogP contribution in [-0.4, -0.2) is 87.6 Å². The summed E-state index contributed by atoms with van der Waals surface area (Å²) in [5.74, 6) is -0.0263. The zero-order valence-corrected chi connectivity index (χ0v) is 18.8. The smallest absolute Gasteiger partial charge is 0.381 e. The third kappa shape index (κ3) is 6.55.